The number of nitrogens with one attached hydrogen (secondary N) is 1. The van der Waals surface area contributed by atoms with Gasteiger partial charge in [0.1, 0.15) is 12.4 Å². The van der Waals surface area contributed by atoms with Crippen molar-refractivity contribution in [2.75, 3.05) is 13.1 Å². The molecule has 0 saturated carbocycles. The Kier molecular flexibility index (Phi) is 2.98. The van der Waals surface area contributed by atoms with E-state index in [-0.39, 0.29) is 13.1 Å². The minimum Gasteiger partial charge on any atom is -0.328 e. The summed E-state index contributed by atoms with van der Waals surface area (Å²) < 4.78 is 36.1. The van der Waals surface area contributed by atoms with Gasteiger partial charge in [-0.1, -0.05) is 0 Å². The number of amides is 2. The van der Waals surface area contributed by atoms with Crippen molar-refractivity contribution >= 4 is 22.8 Å². The summed E-state index contributed by atoms with van der Waals surface area (Å²) in [5.41, 5.74) is 6.67. The number of hydroxylamine groups is 2. The van der Waals surface area contributed by atoms with E-state index in [1.165, 1.54) is 15.8 Å². The van der Waals surface area contributed by atoms with E-state index in [0.717, 1.165) is 6.34 Å². The van der Waals surface area contributed by atoms with Crippen molar-refractivity contribution in [1.29, 1.82) is 5.41 Å². The van der Waals surface area contributed by atoms with E-state index in [1.807, 2.05) is 0 Å². The maximum absolute atomic E-state index is 12.2. The number of rotatable bonds is 4. The van der Waals surface area contributed by atoms with Crippen molar-refractivity contribution in [3.05, 3.63) is 17.5 Å². The Morgan fingerprint density at radius 3 is 2.90 bits per heavy atom. The van der Waals surface area contributed by atoms with Crippen LogP contribution >= 0.6 is 0 Å². The van der Waals surface area contributed by atoms with Crippen molar-refractivity contribution in [3.63, 3.8) is 0 Å². The van der Waals surface area contributed by atoms with Crippen molar-refractivity contribution < 1.29 is 22.0 Å². The predicted molar refractivity (Wildman–Crippen MR) is 67.5 cm³/mol. The van der Waals surface area contributed by atoms with Crippen LogP contribution in [-0.2, 0) is 14.7 Å². The van der Waals surface area contributed by atoms with Crippen molar-refractivity contribution in [3.8, 4) is 0 Å². The number of nitrogens with two attached hydrogens (primary N) is 1. The second-order valence-corrected chi connectivity index (χ2v) is 5.61. The van der Waals surface area contributed by atoms with Crippen molar-refractivity contribution in [2.24, 2.45) is 5.73 Å². The molecule has 2 bridgehead atoms. The van der Waals surface area contributed by atoms with E-state index < -0.39 is 28.5 Å². The molecule has 0 radical (unpaired) electrons. The highest BCUT2D eigenvalue weighted by Crippen LogP contribution is 2.42. The molecule has 3 rings (SSSR count). The fraction of sp³-hybridized carbons (Fsp3) is 0.444. The van der Waals surface area contributed by atoms with Crippen LogP contribution in [0.2, 0.25) is 0 Å². The molecule has 3 heterocycles. The fourth-order valence-electron chi connectivity index (χ4n) is 2.66. The van der Waals surface area contributed by atoms with E-state index in [1.54, 1.807) is 0 Å². The number of carbonyl (C=O) groups excluding carboxylic acids is 1. The molecule has 1 saturated heterocycles. The molecule has 0 spiro atoms. The Morgan fingerprint density at radius 1 is 1.62 bits per heavy atom. The average molecular weight is 316 g/mol. The normalized spacial score (nSPS) is 24.4. The van der Waals surface area contributed by atoms with Gasteiger partial charge in [0, 0.05) is 18.3 Å². The standard InChI is InChI=1S/C9H12N6O5S/c10-1-6-8-5(2-13(4-11)12-8)7-3-14(6)9(16)15(7)20-21(17,18)19/h2,4,6-7,11H,1,3,10H2,(H,17,18,19). The van der Waals surface area contributed by atoms with Crippen LogP contribution in [0.15, 0.2) is 6.20 Å². The summed E-state index contributed by atoms with van der Waals surface area (Å²) in [6.07, 6.45) is 2.46. The summed E-state index contributed by atoms with van der Waals surface area (Å²) in [7, 11) is -4.83. The lowest BCUT2D eigenvalue weighted by Crippen LogP contribution is -2.38. The Morgan fingerprint density at radius 2 is 2.33 bits per heavy atom. The van der Waals surface area contributed by atoms with Crippen molar-refractivity contribution in [1.82, 2.24) is 19.7 Å². The number of nitrogens with zero attached hydrogens (tertiary/aromatic N) is 4. The maximum Gasteiger partial charge on any atom is 0.418 e. The van der Waals surface area contributed by atoms with Crippen LogP contribution in [0.3, 0.4) is 0 Å². The number of urea groups is 1. The van der Waals surface area contributed by atoms with E-state index >= 15 is 0 Å². The highest BCUT2D eigenvalue weighted by atomic mass is 32.3. The third-order valence-electron chi connectivity index (χ3n) is 3.46. The number of aromatic nitrogens is 2. The number of hydrogen-bond donors (Lipinski definition) is 3. The molecule has 2 aliphatic rings. The summed E-state index contributed by atoms with van der Waals surface area (Å²) in [6, 6.07) is -2.00. The van der Waals surface area contributed by atoms with Gasteiger partial charge in [0.2, 0.25) is 0 Å². The fourth-order valence-corrected chi connectivity index (χ4v) is 3.03. The first kappa shape index (κ1) is 13.9. The molecule has 11 nitrogen and oxygen atoms in total. The molecule has 1 fully saturated rings. The summed E-state index contributed by atoms with van der Waals surface area (Å²) in [5.74, 6) is 0. The van der Waals surface area contributed by atoms with E-state index in [0.29, 0.717) is 16.3 Å². The number of fused-ring (bicyclic) bond motifs is 4. The van der Waals surface area contributed by atoms with Gasteiger partial charge in [-0.25, -0.2) is 9.48 Å². The zero-order valence-corrected chi connectivity index (χ0v) is 11.4. The second kappa shape index (κ2) is 4.49. The summed E-state index contributed by atoms with van der Waals surface area (Å²) in [4.78, 5) is 13.5. The molecule has 1 aromatic rings. The molecule has 2 amide bonds. The van der Waals surface area contributed by atoms with Gasteiger partial charge in [0.25, 0.3) is 0 Å². The van der Waals surface area contributed by atoms with Gasteiger partial charge in [0.15, 0.2) is 0 Å². The predicted octanol–water partition coefficient (Wildman–Crippen LogP) is -1.14. The lowest BCUT2D eigenvalue weighted by atomic mass is 9.98. The van der Waals surface area contributed by atoms with Crippen molar-refractivity contribution in [2.45, 2.75) is 12.1 Å². The Bertz CT molecular complexity index is 714. The lowest BCUT2D eigenvalue weighted by molar-refractivity contribution is -0.0317. The molecule has 12 heteroatoms. The number of carbonyl (C=O) groups is 1. The first-order valence-electron chi connectivity index (χ1n) is 5.92. The summed E-state index contributed by atoms with van der Waals surface area (Å²) in [5, 5.41) is 11.9. The summed E-state index contributed by atoms with van der Waals surface area (Å²) >= 11 is 0. The number of hydrogen-bond acceptors (Lipinski definition) is 7. The lowest BCUT2D eigenvalue weighted by Gasteiger charge is -2.28. The van der Waals surface area contributed by atoms with Gasteiger partial charge in [-0.3, -0.25) is 9.96 Å². The third-order valence-corrected chi connectivity index (χ3v) is 3.81. The first-order chi connectivity index (χ1) is 9.85. The van der Waals surface area contributed by atoms with Crippen LogP contribution in [-0.4, -0.2) is 58.2 Å². The van der Waals surface area contributed by atoms with Gasteiger partial charge >= 0.3 is 16.4 Å². The molecule has 21 heavy (non-hydrogen) atoms. The Balaban J connectivity index is 2.08. The van der Waals surface area contributed by atoms with Gasteiger partial charge in [-0.2, -0.15) is 18.6 Å². The smallest absolute Gasteiger partial charge is 0.328 e. The van der Waals surface area contributed by atoms with Gasteiger partial charge < -0.3 is 10.6 Å². The van der Waals surface area contributed by atoms with Crippen LogP contribution in [0.5, 0.6) is 0 Å². The molecule has 1 aromatic heterocycles. The average Bonchev–Trinajstić information content (AvgIpc) is 2.94. The molecule has 2 unspecified atom stereocenters. The monoisotopic (exact) mass is 316 g/mol. The quantitative estimate of drug-likeness (QED) is 0.360. The Hall–Kier alpha value is -2.02. The zero-order chi connectivity index (χ0) is 15.4. The van der Waals surface area contributed by atoms with Crippen LogP contribution in [0, 0.1) is 5.41 Å². The van der Waals surface area contributed by atoms with Gasteiger partial charge in [0.05, 0.1) is 18.3 Å². The molecule has 4 N–H and O–H groups in total. The molecule has 2 aliphatic heterocycles. The van der Waals surface area contributed by atoms with Crippen LogP contribution in [0.4, 0.5) is 4.79 Å². The van der Waals surface area contributed by atoms with Gasteiger partial charge in [-0.05, 0) is 0 Å². The molecule has 2 atom stereocenters. The highest BCUT2D eigenvalue weighted by molar-refractivity contribution is 7.80. The molecule has 0 aromatic carbocycles. The Labute approximate surface area is 119 Å². The minimum absolute atomic E-state index is 0.0835. The van der Waals surface area contributed by atoms with Crippen LogP contribution < -0.4 is 5.73 Å². The van der Waals surface area contributed by atoms with Gasteiger partial charge in [-0.15, -0.1) is 4.28 Å². The SMILES string of the molecule is N=Cn1cc2c(n1)C(CN)N1CC2N(OS(=O)(=O)O)C1=O. The molecular formula is C9H12N6O5S. The minimum atomic E-state index is -4.83. The molecule has 0 aliphatic carbocycles. The van der Waals surface area contributed by atoms with Crippen LogP contribution in [0.25, 0.3) is 0 Å². The zero-order valence-electron chi connectivity index (χ0n) is 10.6. The molecule has 114 valence electrons. The topological polar surface area (TPSA) is 155 Å². The van der Waals surface area contributed by atoms with Crippen LogP contribution in [0.1, 0.15) is 23.3 Å². The highest BCUT2D eigenvalue weighted by Gasteiger charge is 2.51. The van der Waals surface area contributed by atoms with E-state index in [9.17, 15) is 13.2 Å². The largest absolute Gasteiger partial charge is 0.418 e. The third kappa shape index (κ3) is 2.08. The van der Waals surface area contributed by atoms with E-state index in [2.05, 4.69) is 9.38 Å². The second-order valence-electron chi connectivity index (χ2n) is 4.61. The maximum atomic E-state index is 12.2. The molecular weight excluding hydrogens is 304 g/mol. The van der Waals surface area contributed by atoms with E-state index in [4.69, 9.17) is 15.7 Å². The summed E-state index contributed by atoms with van der Waals surface area (Å²) in [6.45, 7) is 0.243. The first-order valence-corrected chi connectivity index (χ1v) is 7.28.